The van der Waals surface area contributed by atoms with Gasteiger partial charge >= 0.3 is 0 Å². The average Bonchev–Trinajstić information content (AvgIpc) is 3.12. The van der Waals surface area contributed by atoms with Gasteiger partial charge in [0.2, 0.25) is 0 Å². The van der Waals surface area contributed by atoms with Crippen LogP contribution in [0.5, 0.6) is 5.75 Å². The Balaban J connectivity index is 1.48. The van der Waals surface area contributed by atoms with Crippen molar-refractivity contribution in [3.8, 4) is 5.75 Å². The number of ether oxygens (including phenoxy) is 1. The molecule has 1 aliphatic heterocycles. The van der Waals surface area contributed by atoms with Crippen molar-refractivity contribution >= 4 is 28.2 Å². The highest BCUT2D eigenvalue weighted by molar-refractivity contribution is 6.30. The number of aliphatic hydroxyl groups excluding tert-OH is 1. The molecular formula is C19H18ClF2N3O3. The number of aromatic nitrogens is 2. The highest BCUT2D eigenvalue weighted by Gasteiger charge is 2.42. The molecule has 0 saturated carbocycles. The zero-order valence-corrected chi connectivity index (χ0v) is 15.5. The van der Waals surface area contributed by atoms with Crippen molar-refractivity contribution < 1.29 is 23.7 Å². The molecule has 0 bridgehead atoms. The Bertz CT molecular complexity index is 992. The van der Waals surface area contributed by atoms with Gasteiger partial charge in [0.05, 0.1) is 17.1 Å². The van der Waals surface area contributed by atoms with Gasteiger partial charge in [-0.25, -0.2) is 8.78 Å². The highest BCUT2D eigenvalue weighted by atomic mass is 35.5. The Kier molecular flexibility index (Phi) is 4.86. The number of piperidine rings is 1. The van der Waals surface area contributed by atoms with Gasteiger partial charge in [0.15, 0.2) is 11.6 Å². The molecule has 2 atom stereocenters. The van der Waals surface area contributed by atoms with Crippen molar-refractivity contribution in [1.82, 2.24) is 10.2 Å². The van der Waals surface area contributed by atoms with Gasteiger partial charge in [-0.1, -0.05) is 17.7 Å². The number of anilines is 1. The van der Waals surface area contributed by atoms with Crippen LogP contribution in [0.15, 0.2) is 36.5 Å². The van der Waals surface area contributed by atoms with E-state index >= 15 is 0 Å². The van der Waals surface area contributed by atoms with Gasteiger partial charge in [-0.3, -0.25) is 5.10 Å². The van der Waals surface area contributed by atoms with E-state index in [1.807, 2.05) is 6.07 Å². The van der Waals surface area contributed by atoms with E-state index in [1.54, 1.807) is 18.3 Å². The van der Waals surface area contributed by atoms with Gasteiger partial charge in [0.25, 0.3) is 0 Å². The number of aliphatic hydroxyl groups is 2. The van der Waals surface area contributed by atoms with Gasteiger partial charge in [-0.05, 0) is 30.7 Å². The van der Waals surface area contributed by atoms with Crippen LogP contribution in [0.2, 0.25) is 5.02 Å². The Morgan fingerprint density at radius 3 is 2.79 bits per heavy atom. The van der Waals surface area contributed by atoms with Crippen molar-refractivity contribution in [2.24, 2.45) is 0 Å². The number of nitrogens with one attached hydrogen (secondary N) is 1. The summed E-state index contributed by atoms with van der Waals surface area (Å²) in [4.78, 5) is 1.36. The van der Waals surface area contributed by atoms with Crippen molar-refractivity contribution in [3.05, 3.63) is 53.2 Å². The average molecular weight is 410 g/mol. The molecule has 1 aliphatic rings. The summed E-state index contributed by atoms with van der Waals surface area (Å²) in [7, 11) is 0. The second kappa shape index (κ2) is 7.20. The quantitative estimate of drug-likeness (QED) is 0.617. The lowest BCUT2D eigenvalue weighted by molar-refractivity contribution is -0.108. The minimum atomic E-state index is -1.55. The number of rotatable bonds is 4. The largest absolute Gasteiger partial charge is 0.490 e. The molecule has 148 valence electrons. The summed E-state index contributed by atoms with van der Waals surface area (Å²) in [5.74, 6) is -1.11. The molecule has 9 heteroatoms. The molecule has 1 saturated heterocycles. The van der Waals surface area contributed by atoms with Crippen LogP contribution in [-0.2, 0) is 0 Å². The van der Waals surface area contributed by atoms with E-state index in [-0.39, 0.29) is 36.8 Å². The van der Waals surface area contributed by atoms with E-state index in [1.165, 1.54) is 4.90 Å². The fourth-order valence-electron chi connectivity index (χ4n) is 3.44. The highest BCUT2D eigenvalue weighted by Crippen LogP contribution is 2.33. The predicted molar refractivity (Wildman–Crippen MR) is 101 cm³/mol. The van der Waals surface area contributed by atoms with Crippen molar-refractivity contribution in [1.29, 1.82) is 0 Å². The number of H-pyrrole nitrogens is 1. The third-order valence-corrected chi connectivity index (χ3v) is 5.27. The van der Waals surface area contributed by atoms with Gasteiger partial charge in [0.1, 0.15) is 29.7 Å². The van der Waals surface area contributed by atoms with Crippen LogP contribution in [0.1, 0.15) is 6.42 Å². The number of hydrogen-bond acceptors (Lipinski definition) is 5. The molecule has 0 radical (unpaired) electrons. The van der Waals surface area contributed by atoms with E-state index in [0.717, 1.165) is 23.0 Å². The molecule has 3 N–H and O–H groups in total. The Labute approximate surface area is 164 Å². The summed E-state index contributed by atoms with van der Waals surface area (Å²) in [5, 5.41) is 28.8. The number of fused-ring (bicyclic) bond motifs is 1. The van der Waals surface area contributed by atoms with Crippen molar-refractivity contribution in [2.75, 3.05) is 24.6 Å². The van der Waals surface area contributed by atoms with Crippen LogP contribution in [0, 0.1) is 11.6 Å². The van der Waals surface area contributed by atoms with Crippen LogP contribution in [0.4, 0.5) is 14.5 Å². The van der Waals surface area contributed by atoms with Gasteiger partial charge < -0.3 is 19.8 Å². The lowest BCUT2D eigenvalue weighted by Gasteiger charge is -2.42. The Hall–Kier alpha value is -2.42. The maximum Gasteiger partial charge on any atom is 0.151 e. The summed E-state index contributed by atoms with van der Waals surface area (Å²) in [5.41, 5.74) is -1.04. The fourth-order valence-corrected chi connectivity index (χ4v) is 3.63. The minimum absolute atomic E-state index is 0.0466. The topological polar surface area (TPSA) is 81.6 Å². The molecule has 0 spiro atoms. The second-order valence-corrected chi connectivity index (χ2v) is 7.35. The lowest BCUT2D eigenvalue weighted by atomic mass is 9.89. The number of benzene rings is 2. The molecule has 6 nitrogen and oxygen atoms in total. The van der Waals surface area contributed by atoms with Crippen LogP contribution in [0.25, 0.3) is 10.9 Å². The maximum absolute atomic E-state index is 14.2. The third-order valence-electron chi connectivity index (χ3n) is 5.05. The van der Waals surface area contributed by atoms with E-state index < -0.39 is 23.3 Å². The molecule has 28 heavy (non-hydrogen) atoms. The normalized spacial score (nSPS) is 22.6. The van der Waals surface area contributed by atoms with E-state index in [4.69, 9.17) is 16.3 Å². The zero-order valence-electron chi connectivity index (χ0n) is 14.7. The minimum Gasteiger partial charge on any atom is -0.490 e. The standard InChI is InChI=1S/C19H18ClF2N3O3/c20-11-6-13(21)18(14(22)7-11)25-5-4-19(27,17(26)9-25)10-28-16-3-1-2-15-12(16)8-23-24-15/h1-3,6-8,17,26-27H,4-5,9-10H2,(H,23,24)/t17-,19-/m1/s1. The third kappa shape index (κ3) is 3.39. The number of nitrogens with zero attached hydrogens (tertiary/aromatic N) is 2. The number of aromatic amines is 1. The molecule has 4 rings (SSSR count). The zero-order chi connectivity index (χ0) is 19.9. The molecule has 1 fully saturated rings. The van der Waals surface area contributed by atoms with E-state index in [0.29, 0.717) is 5.75 Å². The van der Waals surface area contributed by atoms with E-state index in [9.17, 15) is 19.0 Å². The van der Waals surface area contributed by atoms with Crippen molar-refractivity contribution in [3.63, 3.8) is 0 Å². The Morgan fingerprint density at radius 2 is 2.07 bits per heavy atom. The number of hydrogen-bond donors (Lipinski definition) is 3. The first-order valence-electron chi connectivity index (χ1n) is 8.72. The molecule has 1 aromatic heterocycles. The first kappa shape index (κ1) is 18.9. The summed E-state index contributed by atoms with van der Waals surface area (Å²) >= 11 is 5.66. The summed E-state index contributed by atoms with van der Waals surface area (Å²) in [6.45, 7) is -0.175. The van der Waals surface area contributed by atoms with E-state index in [2.05, 4.69) is 10.2 Å². The molecule has 3 aromatic rings. The first-order valence-corrected chi connectivity index (χ1v) is 9.10. The number of halogens is 3. The lowest BCUT2D eigenvalue weighted by Crippen LogP contribution is -2.58. The van der Waals surface area contributed by atoms with Crippen LogP contribution >= 0.6 is 11.6 Å². The SMILES string of the molecule is O[C@@H]1CN(c2c(F)cc(Cl)cc2F)CC[C@@]1(O)COc1cccc2[nH]ncc12. The van der Waals surface area contributed by atoms with Crippen LogP contribution in [-0.4, -0.2) is 51.8 Å². The molecule has 2 aromatic carbocycles. The van der Waals surface area contributed by atoms with Crippen LogP contribution in [0.3, 0.4) is 0 Å². The molecule has 0 amide bonds. The number of β-amino-alcohol motifs (C(OH)–C–C–N with tert-alkyl or cyclic N) is 1. The monoisotopic (exact) mass is 409 g/mol. The second-order valence-electron chi connectivity index (χ2n) is 6.91. The molecular weight excluding hydrogens is 392 g/mol. The fraction of sp³-hybridized carbons (Fsp3) is 0.316. The summed E-state index contributed by atoms with van der Waals surface area (Å²) in [6.07, 6.45) is 0.413. The van der Waals surface area contributed by atoms with Gasteiger partial charge in [-0.15, -0.1) is 0 Å². The smallest absolute Gasteiger partial charge is 0.151 e. The summed E-state index contributed by atoms with van der Waals surface area (Å²) in [6, 6.07) is 7.39. The van der Waals surface area contributed by atoms with Gasteiger partial charge in [-0.2, -0.15) is 5.10 Å². The molecule has 0 aliphatic carbocycles. The van der Waals surface area contributed by atoms with Crippen molar-refractivity contribution in [2.45, 2.75) is 18.1 Å². The van der Waals surface area contributed by atoms with Gasteiger partial charge in [0, 0.05) is 18.1 Å². The van der Waals surface area contributed by atoms with Crippen LogP contribution < -0.4 is 9.64 Å². The molecule has 0 unspecified atom stereocenters. The first-order chi connectivity index (χ1) is 13.4. The maximum atomic E-state index is 14.2. The predicted octanol–water partition coefficient (Wildman–Crippen LogP) is 2.88. The summed E-state index contributed by atoms with van der Waals surface area (Å²) < 4.78 is 34.1. The molecule has 2 heterocycles. The Morgan fingerprint density at radius 1 is 1.32 bits per heavy atom.